The minimum absolute atomic E-state index is 0.131. The first-order chi connectivity index (χ1) is 11.4. The Hall–Kier alpha value is -2.83. The molecule has 0 saturated carbocycles. The van der Waals surface area contributed by atoms with Crippen molar-refractivity contribution in [3.05, 3.63) is 77.4 Å². The van der Waals surface area contributed by atoms with Crippen LogP contribution in [0.2, 0.25) is 0 Å². The number of H-pyrrole nitrogens is 1. The van der Waals surface area contributed by atoms with Crippen LogP contribution in [0.25, 0.3) is 0 Å². The standard InChI is InChI=1S/C17H15F3N4/c1-11-6-7-13(10-21-11)24-16(12-8-22-23-9-12)14-4-2-3-5-15(14)17(18,19)20/h2-10,16,24H,1H3,(H,22,23). The van der Waals surface area contributed by atoms with Gasteiger partial charge in [-0.1, -0.05) is 18.2 Å². The fourth-order valence-electron chi connectivity index (χ4n) is 2.49. The largest absolute Gasteiger partial charge is 0.416 e. The molecule has 0 saturated heterocycles. The van der Waals surface area contributed by atoms with Crippen LogP contribution < -0.4 is 5.32 Å². The highest BCUT2D eigenvalue weighted by Crippen LogP contribution is 2.37. The summed E-state index contributed by atoms with van der Waals surface area (Å²) < 4.78 is 40.1. The second-order valence-electron chi connectivity index (χ2n) is 5.38. The van der Waals surface area contributed by atoms with Crippen molar-refractivity contribution in [1.82, 2.24) is 15.2 Å². The third kappa shape index (κ3) is 3.40. The van der Waals surface area contributed by atoms with Gasteiger partial charge in [-0.25, -0.2) is 0 Å². The molecule has 0 aliphatic rings. The summed E-state index contributed by atoms with van der Waals surface area (Å²) >= 11 is 0. The van der Waals surface area contributed by atoms with Crippen molar-refractivity contribution in [2.24, 2.45) is 0 Å². The highest BCUT2D eigenvalue weighted by atomic mass is 19.4. The van der Waals surface area contributed by atoms with E-state index in [0.29, 0.717) is 11.3 Å². The van der Waals surface area contributed by atoms with Gasteiger partial charge in [-0.15, -0.1) is 0 Å². The maximum absolute atomic E-state index is 13.4. The molecule has 24 heavy (non-hydrogen) atoms. The predicted molar refractivity (Wildman–Crippen MR) is 84.5 cm³/mol. The summed E-state index contributed by atoms with van der Waals surface area (Å²) in [5, 5.41) is 9.62. The molecule has 2 N–H and O–H groups in total. The summed E-state index contributed by atoms with van der Waals surface area (Å²) in [6.45, 7) is 1.84. The average molecular weight is 332 g/mol. The number of hydrogen-bond acceptors (Lipinski definition) is 3. The molecule has 2 aromatic heterocycles. The molecule has 3 rings (SSSR count). The predicted octanol–water partition coefficient (Wildman–Crippen LogP) is 4.33. The molecule has 7 heteroatoms. The number of pyridine rings is 1. The number of aromatic nitrogens is 3. The van der Waals surface area contributed by atoms with Gasteiger partial charge < -0.3 is 5.32 Å². The van der Waals surface area contributed by atoms with Gasteiger partial charge in [0.2, 0.25) is 0 Å². The quantitative estimate of drug-likeness (QED) is 0.747. The number of nitrogens with one attached hydrogen (secondary N) is 2. The minimum Gasteiger partial charge on any atom is -0.373 e. The minimum atomic E-state index is -4.44. The first-order valence-electron chi connectivity index (χ1n) is 7.29. The smallest absolute Gasteiger partial charge is 0.373 e. The van der Waals surface area contributed by atoms with Gasteiger partial charge >= 0.3 is 6.18 Å². The lowest BCUT2D eigenvalue weighted by molar-refractivity contribution is -0.138. The summed E-state index contributed by atoms with van der Waals surface area (Å²) in [4.78, 5) is 4.17. The van der Waals surface area contributed by atoms with E-state index >= 15 is 0 Å². The lowest BCUT2D eigenvalue weighted by atomic mass is 9.95. The van der Waals surface area contributed by atoms with Crippen LogP contribution >= 0.6 is 0 Å². The zero-order valence-corrected chi connectivity index (χ0v) is 12.8. The summed E-state index contributed by atoms with van der Waals surface area (Å²) in [5.41, 5.74) is 1.52. The molecule has 0 bridgehead atoms. The molecule has 124 valence electrons. The van der Waals surface area contributed by atoms with Crippen LogP contribution in [0.5, 0.6) is 0 Å². The van der Waals surface area contributed by atoms with Gasteiger partial charge in [0.05, 0.1) is 29.7 Å². The number of rotatable bonds is 4. The maximum atomic E-state index is 13.4. The van der Waals surface area contributed by atoms with Gasteiger partial charge in [0.15, 0.2) is 0 Å². The number of alkyl halides is 3. The Balaban J connectivity index is 2.05. The molecule has 0 radical (unpaired) electrons. The van der Waals surface area contributed by atoms with Crippen LogP contribution in [0.4, 0.5) is 18.9 Å². The molecule has 0 spiro atoms. The summed E-state index contributed by atoms with van der Waals surface area (Å²) in [6, 6.07) is 8.40. The van der Waals surface area contributed by atoms with E-state index in [4.69, 9.17) is 0 Å². The van der Waals surface area contributed by atoms with Crippen molar-refractivity contribution in [3.63, 3.8) is 0 Å². The molecule has 1 atom stereocenters. The number of aromatic amines is 1. The molecule has 2 heterocycles. The van der Waals surface area contributed by atoms with Crippen LogP contribution in [0, 0.1) is 6.92 Å². The van der Waals surface area contributed by atoms with Crippen molar-refractivity contribution in [2.75, 3.05) is 5.32 Å². The first-order valence-corrected chi connectivity index (χ1v) is 7.29. The third-order valence-electron chi connectivity index (χ3n) is 3.65. The first kappa shape index (κ1) is 16.0. The van der Waals surface area contributed by atoms with Gasteiger partial charge in [-0.2, -0.15) is 18.3 Å². The van der Waals surface area contributed by atoms with E-state index < -0.39 is 17.8 Å². The molecular weight excluding hydrogens is 317 g/mol. The van der Waals surface area contributed by atoms with Gasteiger partial charge in [0.1, 0.15) is 0 Å². The Morgan fingerprint density at radius 3 is 2.50 bits per heavy atom. The van der Waals surface area contributed by atoms with Gasteiger partial charge in [0, 0.05) is 17.5 Å². The van der Waals surface area contributed by atoms with E-state index in [9.17, 15) is 13.2 Å². The Morgan fingerprint density at radius 1 is 1.08 bits per heavy atom. The van der Waals surface area contributed by atoms with E-state index in [0.717, 1.165) is 11.8 Å². The topological polar surface area (TPSA) is 53.6 Å². The Labute approximate surface area is 136 Å². The van der Waals surface area contributed by atoms with E-state index in [2.05, 4.69) is 20.5 Å². The fourth-order valence-corrected chi connectivity index (χ4v) is 2.49. The van der Waals surface area contributed by atoms with Crippen molar-refractivity contribution < 1.29 is 13.2 Å². The Morgan fingerprint density at radius 2 is 1.88 bits per heavy atom. The van der Waals surface area contributed by atoms with Gasteiger partial charge in [-0.3, -0.25) is 10.1 Å². The van der Waals surface area contributed by atoms with E-state index in [1.165, 1.54) is 18.3 Å². The SMILES string of the molecule is Cc1ccc(NC(c2cn[nH]c2)c2ccccc2C(F)(F)F)cn1. The summed E-state index contributed by atoms with van der Waals surface area (Å²) in [7, 11) is 0. The van der Waals surface area contributed by atoms with E-state index in [1.807, 2.05) is 6.92 Å². The second kappa shape index (κ2) is 6.35. The number of halogens is 3. The van der Waals surface area contributed by atoms with Gasteiger partial charge in [-0.05, 0) is 30.7 Å². The van der Waals surface area contributed by atoms with Crippen LogP contribution in [0.15, 0.2) is 55.0 Å². The molecule has 0 aliphatic heterocycles. The molecule has 0 fully saturated rings. The van der Waals surface area contributed by atoms with Crippen molar-refractivity contribution in [1.29, 1.82) is 0 Å². The molecule has 1 unspecified atom stereocenters. The Bertz CT molecular complexity index is 795. The average Bonchev–Trinajstić information content (AvgIpc) is 3.08. The highest BCUT2D eigenvalue weighted by molar-refractivity contribution is 5.49. The zero-order chi connectivity index (χ0) is 17.2. The van der Waals surface area contributed by atoms with Crippen LogP contribution in [-0.4, -0.2) is 15.2 Å². The number of anilines is 1. The van der Waals surface area contributed by atoms with E-state index in [1.54, 1.807) is 30.6 Å². The Kier molecular flexibility index (Phi) is 4.24. The molecule has 0 amide bonds. The van der Waals surface area contributed by atoms with Crippen LogP contribution in [0.3, 0.4) is 0 Å². The molecule has 3 aromatic rings. The zero-order valence-electron chi connectivity index (χ0n) is 12.8. The van der Waals surface area contributed by atoms with Crippen molar-refractivity contribution >= 4 is 5.69 Å². The van der Waals surface area contributed by atoms with Gasteiger partial charge in [0.25, 0.3) is 0 Å². The molecule has 0 aliphatic carbocycles. The monoisotopic (exact) mass is 332 g/mol. The van der Waals surface area contributed by atoms with E-state index in [-0.39, 0.29) is 5.56 Å². The summed E-state index contributed by atoms with van der Waals surface area (Å²) in [6.07, 6.45) is 0.239. The summed E-state index contributed by atoms with van der Waals surface area (Å²) in [5.74, 6) is 0. The van der Waals surface area contributed by atoms with Crippen molar-refractivity contribution in [2.45, 2.75) is 19.1 Å². The fraction of sp³-hybridized carbons (Fsp3) is 0.176. The van der Waals surface area contributed by atoms with Crippen LogP contribution in [0.1, 0.15) is 28.4 Å². The van der Waals surface area contributed by atoms with Crippen LogP contribution in [-0.2, 0) is 6.18 Å². The third-order valence-corrected chi connectivity index (χ3v) is 3.65. The maximum Gasteiger partial charge on any atom is 0.416 e. The highest BCUT2D eigenvalue weighted by Gasteiger charge is 2.35. The number of aryl methyl sites for hydroxylation is 1. The number of nitrogens with zero attached hydrogens (tertiary/aromatic N) is 2. The normalized spacial score (nSPS) is 12.8. The number of benzene rings is 1. The van der Waals surface area contributed by atoms with Crippen molar-refractivity contribution in [3.8, 4) is 0 Å². The molecule has 1 aromatic carbocycles. The second-order valence-corrected chi connectivity index (χ2v) is 5.38. The number of hydrogen-bond donors (Lipinski definition) is 2. The lowest BCUT2D eigenvalue weighted by Crippen LogP contribution is -2.18. The molecule has 4 nitrogen and oxygen atoms in total. The lowest BCUT2D eigenvalue weighted by Gasteiger charge is -2.23. The molecular formula is C17H15F3N4.